The third-order valence-corrected chi connectivity index (χ3v) is 3.43. The third kappa shape index (κ3) is 2.98. The minimum atomic E-state index is -0.0940. The maximum atomic E-state index is 12.1. The summed E-state index contributed by atoms with van der Waals surface area (Å²) < 4.78 is 10.5. The lowest BCUT2D eigenvalue weighted by atomic mass is 10.0. The number of methoxy groups -OCH3 is 2. The van der Waals surface area contributed by atoms with Crippen molar-refractivity contribution in [1.29, 1.82) is 0 Å². The molecule has 2 N–H and O–H groups in total. The number of amides is 1. The molecule has 0 aromatic heterocycles. The van der Waals surface area contributed by atoms with Crippen LogP contribution in [0.25, 0.3) is 0 Å². The largest absolute Gasteiger partial charge is 0.496 e. The molecular formula is C14H20N2O3. The number of carbonyl (C=O) groups is 1. The zero-order chi connectivity index (χ0) is 13.8. The second-order valence-electron chi connectivity index (χ2n) is 4.74. The Hall–Kier alpha value is -1.75. The monoisotopic (exact) mass is 264 g/mol. The molecule has 5 nitrogen and oxygen atoms in total. The SMILES string of the molecule is COc1cc(C(=O)NCC2CNC2)cc(OC)c1C. The highest BCUT2D eigenvalue weighted by atomic mass is 16.5. The fourth-order valence-electron chi connectivity index (χ4n) is 2.05. The van der Waals surface area contributed by atoms with Gasteiger partial charge in [0.15, 0.2) is 0 Å². The van der Waals surface area contributed by atoms with Gasteiger partial charge in [-0.15, -0.1) is 0 Å². The van der Waals surface area contributed by atoms with Crippen LogP contribution in [-0.2, 0) is 0 Å². The van der Waals surface area contributed by atoms with Crippen LogP contribution < -0.4 is 20.1 Å². The van der Waals surface area contributed by atoms with Crippen LogP contribution in [0.3, 0.4) is 0 Å². The minimum absolute atomic E-state index is 0.0940. The van der Waals surface area contributed by atoms with E-state index in [1.165, 1.54) is 0 Å². The predicted molar refractivity (Wildman–Crippen MR) is 73.0 cm³/mol. The van der Waals surface area contributed by atoms with Crippen molar-refractivity contribution in [3.8, 4) is 11.5 Å². The van der Waals surface area contributed by atoms with E-state index in [0.29, 0.717) is 29.5 Å². The molecule has 1 aromatic rings. The molecule has 104 valence electrons. The molecule has 0 radical (unpaired) electrons. The van der Waals surface area contributed by atoms with Gasteiger partial charge in [-0.3, -0.25) is 4.79 Å². The summed E-state index contributed by atoms with van der Waals surface area (Å²) in [5.74, 6) is 1.77. The number of carbonyl (C=O) groups excluding carboxylic acids is 1. The summed E-state index contributed by atoms with van der Waals surface area (Å²) in [5.41, 5.74) is 1.45. The lowest BCUT2D eigenvalue weighted by molar-refractivity contribution is 0.0941. The lowest BCUT2D eigenvalue weighted by Gasteiger charge is -2.27. The van der Waals surface area contributed by atoms with Crippen molar-refractivity contribution in [2.75, 3.05) is 33.9 Å². The number of hydrogen-bond donors (Lipinski definition) is 2. The Morgan fingerprint density at radius 2 is 1.89 bits per heavy atom. The molecule has 1 aliphatic heterocycles. The molecule has 1 aliphatic rings. The summed E-state index contributed by atoms with van der Waals surface area (Å²) in [6.07, 6.45) is 0. The van der Waals surface area contributed by atoms with Gasteiger partial charge in [-0.25, -0.2) is 0 Å². The molecule has 2 rings (SSSR count). The highest BCUT2D eigenvalue weighted by molar-refractivity contribution is 5.95. The Bertz CT molecular complexity index is 445. The van der Waals surface area contributed by atoms with Crippen LogP contribution in [0.2, 0.25) is 0 Å². The van der Waals surface area contributed by atoms with Crippen molar-refractivity contribution in [3.63, 3.8) is 0 Å². The van der Waals surface area contributed by atoms with Gasteiger partial charge in [-0.05, 0) is 19.1 Å². The first kappa shape index (κ1) is 13.7. The van der Waals surface area contributed by atoms with Crippen LogP contribution in [0.5, 0.6) is 11.5 Å². The summed E-state index contributed by atoms with van der Waals surface area (Å²) in [4.78, 5) is 12.1. The average molecular weight is 264 g/mol. The van der Waals surface area contributed by atoms with E-state index >= 15 is 0 Å². The first-order chi connectivity index (χ1) is 9.15. The van der Waals surface area contributed by atoms with Crippen LogP contribution >= 0.6 is 0 Å². The fourth-order valence-corrected chi connectivity index (χ4v) is 2.05. The predicted octanol–water partition coefficient (Wildman–Crippen LogP) is 0.961. The molecule has 0 bridgehead atoms. The minimum Gasteiger partial charge on any atom is -0.496 e. The third-order valence-electron chi connectivity index (χ3n) is 3.43. The summed E-state index contributed by atoms with van der Waals surface area (Å²) in [6, 6.07) is 3.48. The van der Waals surface area contributed by atoms with Gasteiger partial charge in [0.25, 0.3) is 5.91 Å². The molecule has 19 heavy (non-hydrogen) atoms. The van der Waals surface area contributed by atoms with Crippen LogP contribution in [0.1, 0.15) is 15.9 Å². The van der Waals surface area contributed by atoms with Gasteiger partial charge in [0.1, 0.15) is 11.5 Å². The van der Waals surface area contributed by atoms with E-state index in [-0.39, 0.29) is 5.91 Å². The van der Waals surface area contributed by atoms with E-state index in [4.69, 9.17) is 9.47 Å². The number of benzene rings is 1. The highest BCUT2D eigenvalue weighted by Gasteiger charge is 2.18. The standard InChI is InChI=1S/C14H20N2O3/c1-9-12(18-2)4-11(5-13(9)19-3)14(17)16-8-10-6-15-7-10/h4-5,10,15H,6-8H2,1-3H3,(H,16,17). The molecule has 1 aromatic carbocycles. The summed E-state index contributed by atoms with van der Waals surface area (Å²) in [5, 5.41) is 6.11. The quantitative estimate of drug-likeness (QED) is 0.831. The smallest absolute Gasteiger partial charge is 0.251 e. The van der Waals surface area contributed by atoms with Gasteiger partial charge >= 0.3 is 0 Å². The molecule has 5 heteroatoms. The zero-order valence-electron chi connectivity index (χ0n) is 11.6. The van der Waals surface area contributed by atoms with Gasteiger partial charge in [-0.2, -0.15) is 0 Å². The Morgan fingerprint density at radius 3 is 2.32 bits per heavy atom. The maximum Gasteiger partial charge on any atom is 0.251 e. The van der Waals surface area contributed by atoms with Crippen LogP contribution in [0.4, 0.5) is 0 Å². The lowest BCUT2D eigenvalue weighted by Crippen LogP contribution is -2.48. The van der Waals surface area contributed by atoms with Crippen molar-refractivity contribution in [2.45, 2.75) is 6.92 Å². The van der Waals surface area contributed by atoms with E-state index in [9.17, 15) is 4.79 Å². The van der Waals surface area contributed by atoms with Crippen LogP contribution in [-0.4, -0.2) is 39.8 Å². The van der Waals surface area contributed by atoms with E-state index in [1.54, 1.807) is 26.4 Å². The average Bonchev–Trinajstić information content (AvgIpc) is 2.37. The molecule has 0 aliphatic carbocycles. The zero-order valence-corrected chi connectivity index (χ0v) is 11.6. The molecule has 0 unspecified atom stereocenters. The van der Waals surface area contributed by atoms with Gasteiger partial charge in [0, 0.05) is 36.7 Å². The van der Waals surface area contributed by atoms with Crippen molar-refractivity contribution in [3.05, 3.63) is 23.3 Å². The normalized spacial score (nSPS) is 14.7. The van der Waals surface area contributed by atoms with Crippen molar-refractivity contribution in [1.82, 2.24) is 10.6 Å². The van der Waals surface area contributed by atoms with E-state index in [0.717, 1.165) is 18.7 Å². The van der Waals surface area contributed by atoms with E-state index in [2.05, 4.69) is 10.6 Å². The topological polar surface area (TPSA) is 59.6 Å². The fraction of sp³-hybridized carbons (Fsp3) is 0.500. The number of hydrogen-bond acceptors (Lipinski definition) is 4. The van der Waals surface area contributed by atoms with Gasteiger partial charge < -0.3 is 20.1 Å². The Morgan fingerprint density at radius 1 is 1.32 bits per heavy atom. The van der Waals surface area contributed by atoms with Crippen molar-refractivity contribution >= 4 is 5.91 Å². The second kappa shape index (κ2) is 5.93. The van der Waals surface area contributed by atoms with Crippen LogP contribution in [0, 0.1) is 12.8 Å². The molecule has 0 atom stereocenters. The maximum absolute atomic E-state index is 12.1. The molecule has 1 heterocycles. The van der Waals surface area contributed by atoms with E-state index < -0.39 is 0 Å². The van der Waals surface area contributed by atoms with Gasteiger partial charge in [0.2, 0.25) is 0 Å². The number of rotatable bonds is 5. The summed E-state index contributed by atoms with van der Waals surface area (Å²) in [7, 11) is 3.17. The molecular weight excluding hydrogens is 244 g/mol. The molecule has 1 fully saturated rings. The van der Waals surface area contributed by atoms with E-state index in [1.807, 2.05) is 6.92 Å². The van der Waals surface area contributed by atoms with Crippen molar-refractivity contribution < 1.29 is 14.3 Å². The molecule has 1 saturated heterocycles. The van der Waals surface area contributed by atoms with Crippen molar-refractivity contribution in [2.24, 2.45) is 5.92 Å². The molecule has 1 amide bonds. The first-order valence-corrected chi connectivity index (χ1v) is 6.37. The summed E-state index contributed by atoms with van der Waals surface area (Å²) in [6.45, 7) is 4.55. The molecule has 0 saturated carbocycles. The second-order valence-corrected chi connectivity index (χ2v) is 4.74. The molecule has 0 spiro atoms. The highest BCUT2D eigenvalue weighted by Crippen LogP contribution is 2.29. The Labute approximate surface area is 113 Å². The van der Waals surface area contributed by atoms with Gasteiger partial charge in [0.05, 0.1) is 14.2 Å². The van der Waals surface area contributed by atoms with Crippen LogP contribution in [0.15, 0.2) is 12.1 Å². The summed E-state index contributed by atoms with van der Waals surface area (Å²) >= 11 is 0. The Kier molecular flexibility index (Phi) is 4.27. The Balaban J connectivity index is 2.11. The van der Waals surface area contributed by atoms with Gasteiger partial charge in [-0.1, -0.05) is 0 Å². The number of ether oxygens (including phenoxy) is 2. The first-order valence-electron chi connectivity index (χ1n) is 6.37. The number of nitrogens with one attached hydrogen (secondary N) is 2.